The molecule has 2 bridgehead atoms. The highest BCUT2D eigenvalue weighted by Gasteiger charge is 2.36. The molecule has 0 fully saturated rings. The maximum atomic E-state index is 10.8. The number of rotatable bonds is 2. The van der Waals surface area contributed by atoms with Gasteiger partial charge in [-0.2, -0.15) is 0 Å². The van der Waals surface area contributed by atoms with E-state index in [1.807, 2.05) is 12.1 Å². The number of nitro groups is 1. The quantitative estimate of drug-likeness (QED) is 0.456. The van der Waals surface area contributed by atoms with Gasteiger partial charge in [-0.3, -0.25) is 10.1 Å². The summed E-state index contributed by atoms with van der Waals surface area (Å²) in [7, 11) is 2.12. The molecule has 2 unspecified atom stereocenters. The van der Waals surface area contributed by atoms with Crippen LogP contribution < -0.4 is 4.90 Å². The lowest BCUT2D eigenvalue weighted by Crippen LogP contribution is -2.40. The van der Waals surface area contributed by atoms with Gasteiger partial charge in [-0.1, -0.05) is 24.3 Å². The van der Waals surface area contributed by atoms with E-state index in [1.165, 1.54) is 11.3 Å². The first kappa shape index (κ1) is 11.3. The van der Waals surface area contributed by atoms with E-state index in [0.717, 1.165) is 18.4 Å². The molecule has 1 aromatic carbocycles. The molecule has 0 saturated heterocycles. The first-order valence-corrected chi connectivity index (χ1v) is 6.29. The van der Waals surface area contributed by atoms with Crippen molar-refractivity contribution in [3.63, 3.8) is 0 Å². The van der Waals surface area contributed by atoms with Crippen molar-refractivity contribution in [2.75, 3.05) is 18.5 Å². The number of hydrogen-bond donors (Lipinski definition) is 0. The summed E-state index contributed by atoms with van der Waals surface area (Å²) in [5, 5.41) is 10.8. The van der Waals surface area contributed by atoms with Gasteiger partial charge in [0.05, 0.1) is 0 Å². The lowest BCUT2D eigenvalue weighted by molar-refractivity contribution is -0.471. The fourth-order valence-corrected chi connectivity index (χ4v) is 3.22. The molecule has 94 valence electrons. The zero-order chi connectivity index (χ0) is 12.7. The second-order valence-corrected chi connectivity index (χ2v) is 5.12. The van der Waals surface area contributed by atoms with Crippen molar-refractivity contribution in [1.82, 2.24) is 0 Å². The minimum atomic E-state index is -0.215. The van der Waals surface area contributed by atoms with Crippen LogP contribution in [0.1, 0.15) is 24.3 Å². The summed E-state index contributed by atoms with van der Waals surface area (Å²) in [6, 6.07) is 8.76. The van der Waals surface area contributed by atoms with Gasteiger partial charge in [-0.15, -0.1) is 0 Å². The van der Waals surface area contributed by atoms with Crippen LogP contribution in [-0.4, -0.2) is 24.6 Å². The largest absolute Gasteiger partial charge is 0.371 e. The van der Waals surface area contributed by atoms with E-state index in [-0.39, 0.29) is 17.4 Å². The van der Waals surface area contributed by atoms with Crippen LogP contribution in [0.4, 0.5) is 5.69 Å². The van der Waals surface area contributed by atoms with Crippen LogP contribution in [0.5, 0.6) is 0 Å². The lowest BCUT2D eigenvalue weighted by Gasteiger charge is -2.42. The van der Waals surface area contributed by atoms with Gasteiger partial charge in [0.15, 0.2) is 0 Å². The fraction of sp³-hybridized carbons (Fsp3) is 0.429. The Morgan fingerprint density at radius 2 is 2.22 bits per heavy atom. The van der Waals surface area contributed by atoms with Crippen LogP contribution in [0.2, 0.25) is 0 Å². The summed E-state index contributed by atoms with van der Waals surface area (Å²) >= 11 is 0. The lowest BCUT2D eigenvalue weighted by atomic mass is 9.76. The smallest absolute Gasteiger partial charge is 0.225 e. The molecule has 0 N–H and O–H groups in total. The third-order valence-corrected chi connectivity index (χ3v) is 4.16. The highest BCUT2D eigenvalue weighted by atomic mass is 16.6. The van der Waals surface area contributed by atoms with Crippen LogP contribution in [0.15, 0.2) is 35.9 Å². The number of nitrogens with zero attached hydrogens (tertiary/aromatic N) is 2. The average molecular weight is 244 g/mol. The van der Waals surface area contributed by atoms with Crippen LogP contribution in [0.25, 0.3) is 0 Å². The molecule has 1 aromatic rings. The molecule has 2 aliphatic rings. The highest BCUT2D eigenvalue weighted by Crippen LogP contribution is 2.45. The zero-order valence-corrected chi connectivity index (χ0v) is 10.4. The predicted molar refractivity (Wildman–Crippen MR) is 70.6 cm³/mol. The Balaban J connectivity index is 2.03. The van der Waals surface area contributed by atoms with Gasteiger partial charge in [-0.05, 0) is 24.5 Å². The van der Waals surface area contributed by atoms with Crippen molar-refractivity contribution in [1.29, 1.82) is 0 Å². The first-order chi connectivity index (χ1) is 8.66. The Labute approximate surface area is 106 Å². The van der Waals surface area contributed by atoms with Gasteiger partial charge < -0.3 is 4.90 Å². The third kappa shape index (κ3) is 1.68. The summed E-state index contributed by atoms with van der Waals surface area (Å²) < 4.78 is 0. The molecule has 0 aromatic heterocycles. The van der Waals surface area contributed by atoms with Crippen LogP contribution in [-0.2, 0) is 0 Å². The molecule has 0 radical (unpaired) electrons. The van der Waals surface area contributed by atoms with Crippen LogP contribution in [0.3, 0.4) is 0 Å². The van der Waals surface area contributed by atoms with Crippen molar-refractivity contribution in [3.8, 4) is 0 Å². The van der Waals surface area contributed by atoms with E-state index in [0.29, 0.717) is 6.04 Å². The molecular weight excluding hydrogens is 228 g/mol. The van der Waals surface area contributed by atoms with E-state index >= 15 is 0 Å². The molecule has 3 rings (SSSR count). The van der Waals surface area contributed by atoms with Crippen molar-refractivity contribution in [2.45, 2.75) is 24.8 Å². The third-order valence-electron chi connectivity index (χ3n) is 4.16. The monoisotopic (exact) mass is 244 g/mol. The molecule has 0 saturated carbocycles. The molecule has 1 aliphatic carbocycles. The summed E-state index contributed by atoms with van der Waals surface area (Å²) in [6.07, 6.45) is 4.01. The van der Waals surface area contributed by atoms with Gasteiger partial charge in [0.1, 0.15) is 0 Å². The predicted octanol–water partition coefficient (Wildman–Crippen LogP) is 2.59. The summed E-state index contributed by atoms with van der Waals surface area (Å²) in [4.78, 5) is 12.9. The summed E-state index contributed by atoms with van der Waals surface area (Å²) in [5.74, 6) is 0.238. The summed E-state index contributed by atoms with van der Waals surface area (Å²) in [6.45, 7) is -0.0184. The maximum absolute atomic E-state index is 10.8. The number of para-hydroxylation sites is 1. The van der Waals surface area contributed by atoms with E-state index in [9.17, 15) is 10.1 Å². The zero-order valence-electron chi connectivity index (χ0n) is 10.4. The highest BCUT2D eigenvalue weighted by molar-refractivity contribution is 5.60. The Morgan fingerprint density at radius 3 is 3.00 bits per heavy atom. The second kappa shape index (κ2) is 4.12. The molecule has 0 spiro atoms. The van der Waals surface area contributed by atoms with E-state index in [4.69, 9.17) is 0 Å². The number of fused-ring (bicyclic) bond motifs is 4. The van der Waals surface area contributed by atoms with Crippen molar-refractivity contribution in [2.24, 2.45) is 0 Å². The van der Waals surface area contributed by atoms with Gasteiger partial charge in [0.25, 0.3) is 0 Å². The molecule has 18 heavy (non-hydrogen) atoms. The van der Waals surface area contributed by atoms with Crippen LogP contribution in [0, 0.1) is 10.1 Å². The maximum Gasteiger partial charge on any atom is 0.225 e. The Bertz CT molecular complexity index is 524. The molecule has 1 aliphatic heterocycles. The minimum absolute atomic E-state index is 0.0184. The van der Waals surface area contributed by atoms with E-state index < -0.39 is 0 Å². The minimum Gasteiger partial charge on any atom is -0.371 e. The Hall–Kier alpha value is -1.84. The number of benzene rings is 1. The van der Waals surface area contributed by atoms with Gasteiger partial charge in [0.2, 0.25) is 6.54 Å². The van der Waals surface area contributed by atoms with Crippen molar-refractivity contribution in [3.05, 3.63) is 51.6 Å². The van der Waals surface area contributed by atoms with Crippen molar-refractivity contribution >= 4 is 5.69 Å². The topological polar surface area (TPSA) is 46.4 Å². The molecule has 4 nitrogen and oxygen atoms in total. The van der Waals surface area contributed by atoms with E-state index in [2.05, 4.69) is 30.2 Å². The first-order valence-electron chi connectivity index (χ1n) is 6.29. The molecular formula is C14H16N2O2. The standard InChI is InChI=1S/C14H16N2O2/c1-15-11-7-6-10(9-16(17)18)13(8-11)12-4-2-3-5-14(12)15/h2-6,11,13H,7-9H2,1H3. The van der Waals surface area contributed by atoms with Crippen LogP contribution >= 0.6 is 0 Å². The van der Waals surface area contributed by atoms with Gasteiger partial charge in [-0.25, -0.2) is 0 Å². The average Bonchev–Trinajstić information content (AvgIpc) is 2.37. The Kier molecular flexibility index (Phi) is 2.58. The van der Waals surface area contributed by atoms with Gasteiger partial charge >= 0.3 is 0 Å². The van der Waals surface area contributed by atoms with E-state index in [1.54, 1.807) is 0 Å². The molecule has 0 amide bonds. The van der Waals surface area contributed by atoms with Crippen molar-refractivity contribution < 1.29 is 4.92 Å². The Morgan fingerprint density at radius 1 is 1.44 bits per heavy atom. The molecule has 2 atom stereocenters. The summed E-state index contributed by atoms with van der Waals surface area (Å²) in [5.41, 5.74) is 3.45. The fourth-order valence-electron chi connectivity index (χ4n) is 3.22. The molecule has 4 heteroatoms. The second-order valence-electron chi connectivity index (χ2n) is 5.12. The SMILES string of the molecule is CN1c2ccccc2C2CC1CC=C2C[N+](=O)[O-]. The van der Waals surface area contributed by atoms with Gasteiger partial charge in [0, 0.05) is 35.2 Å². The normalized spacial score (nSPS) is 25.4. The number of hydrogen-bond acceptors (Lipinski definition) is 3. The number of anilines is 1. The molecule has 1 heterocycles.